The number of nitrogens with zero attached hydrogens (tertiary/aromatic N) is 2. The number of rotatable bonds is 8. The molecular formula is C28H31N3O4S2. The summed E-state index contributed by atoms with van der Waals surface area (Å²) in [6.45, 7) is 3.88. The molecule has 5 rings (SSSR count). The maximum Gasteiger partial charge on any atom is 0.249 e. The van der Waals surface area contributed by atoms with E-state index in [1.54, 1.807) is 12.1 Å². The Morgan fingerprint density at radius 1 is 0.892 bits per heavy atom. The zero-order valence-corrected chi connectivity index (χ0v) is 22.2. The van der Waals surface area contributed by atoms with E-state index in [0.29, 0.717) is 32.1 Å². The Balaban J connectivity index is 1.32. The van der Waals surface area contributed by atoms with Crippen LogP contribution < -0.4 is 5.32 Å². The Kier molecular flexibility index (Phi) is 8.26. The lowest BCUT2D eigenvalue weighted by atomic mass is 10.1. The van der Waals surface area contributed by atoms with E-state index in [4.69, 9.17) is 4.74 Å². The van der Waals surface area contributed by atoms with E-state index in [-0.39, 0.29) is 16.8 Å². The van der Waals surface area contributed by atoms with Crippen molar-refractivity contribution in [3.63, 3.8) is 0 Å². The monoisotopic (exact) mass is 537 g/mol. The first-order valence-corrected chi connectivity index (χ1v) is 15.0. The van der Waals surface area contributed by atoms with Crippen LogP contribution in [0, 0.1) is 0 Å². The molecule has 1 amide bonds. The largest absolute Gasteiger partial charge is 0.379 e. The summed E-state index contributed by atoms with van der Waals surface area (Å²) in [5.74, 6) is 0.285. The lowest BCUT2D eigenvalue weighted by Gasteiger charge is -2.32. The third kappa shape index (κ3) is 6.08. The molecule has 0 aromatic heterocycles. The summed E-state index contributed by atoms with van der Waals surface area (Å²) in [7, 11) is -3.83. The number of nitrogens with one attached hydrogen (secondary N) is 1. The molecule has 2 fully saturated rings. The second-order valence-corrected chi connectivity index (χ2v) is 12.2. The van der Waals surface area contributed by atoms with Gasteiger partial charge in [-0.1, -0.05) is 72.8 Å². The van der Waals surface area contributed by atoms with Crippen molar-refractivity contribution < 1.29 is 17.9 Å². The molecule has 3 aromatic carbocycles. The van der Waals surface area contributed by atoms with Crippen molar-refractivity contribution in [2.75, 3.05) is 45.1 Å². The number of hydrogen-bond donors (Lipinski definition) is 1. The predicted molar refractivity (Wildman–Crippen MR) is 147 cm³/mol. The normalized spacial score (nSPS) is 19.9. The molecule has 2 unspecified atom stereocenters. The lowest BCUT2D eigenvalue weighted by molar-refractivity contribution is -0.123. The molecule has 2 heterocycles. The molecule has 9 heteroatoms. The van der Waals surface area contributed by atoms with Crippen LogP contribution in [0.15, 0.2) is 89.8 Å². The standard InChI is InChI=1S/C28H31N3O4S2/c32-27(29-26(24-9-5-2-6-10-24)21-30-15-18-35-19-16-30)28-31(17-20-36-28)37(33,34)25-13-11-23(12-14-25)22-7-3-1-4-8-22/h1-14,26,28H,15-21H2,(H,29,32). The summed E-state index contributed by atoms with van der Waals surface area (Å²) in [6.07, 6.45) is 0. The summed E-state index contributed by atoms with van der Waals surface area (Å²) < 4.78 is 34.0. The molecule has 37 heavy (non-hydrogen) atoms. The number of carbonyl (C=O) groups excluding carboxylic acids is 1. The maximum absolute atomic E-state index is 13.6. The highest BCUT2D eigenvalue weighted by Crippen LogP contribution is 2.32. The van der Waals surface area contributed by atoms with Crippen LogP contribution in [0.3, 0.4) is 0 Å². The zero-order valence-electron chi connectivity index (χ0n) is 20.5. The molecule has 0 aliphatic carbocycles. The van der Waals surface area contributed by atoms with Crippen molar-refractivity contribution in [1.29, 1.82) is 0 Å². The van der Waals surface area contributed by atoms with Gasteiger partial charge in [0.2, 0.25) is 15.9 Å². The van der Waals surface area contributed by atoms with Gasteiger partial charge in [0.25, 0.3) is 0 Å². The third-order valence-electron chi connectivity index (χ3n) is 6.70. The SMILES string of the molecule is O=C(NC(CN1CCOCC1)c1ccccc1)C1SCCN1S(=O)(=O)c1ccc(-c2ccccc2)cc1. The molecule has 7 nitrogen and oxygen atoms in total. The van der Waals surface area contributed by atoms with Gasteiger partial charge in [-0.15, -0.1) is 11.8 Å². The summed E-state index contributed by atoms with van der Waals surface area (Å²) in [5.41, 5.74) is 2.96. The van der Waals surface area contributed by atoms with E-state index in [2.05, 4.69) is 10.2 Å². The lowest BCUT2D eigenvalue weighted by Crippen LogP contribution is -2.48. The maximum atomic E-state index is 13.6. The van der Waals surface area contributed by atoms with E-state index in [9.17, 15) is 13.2 Å². The molecule has 2 aliphatic heterocycles. The molecule has 2 atom stereocenters. The zero-order chi connectivity index (χ0) is 25.7. The fraction of sp³-hybridized carbons (Fsp3) is 0.321. The molecule has 3 aromatic rings. The Morgan fingerprint density at radius 3 is 2.19 bits per heavy atom. The van der Waals surface area contributed by atoms with Crippen LogP contribution in [0.4, 0.5) is 0 Å². The predicted octanol–water partition coefficient (Wildman–Crippen LogP) is 3.61. The van der Waals surface area contributed by atoms with Crippen molar-refractivity contribution in [3.05, 3.63) is 90.5 Å². The molecule has 2 saturated heterocycles. The van der Waals surface area contributed by atoms with Gasteiger partial charge in [0.1, 0.15) is 5.37 Å². The van der Waals surface area contributed by atoms with Crippen molar-refractivity contribution in [2.24, 2.45) is 0 Å². The summed E-state index contributed by atoms with van der Waals surface area (Å²) in [4.78, 5) is 16.0. The molecule has 0 spiro atoms. The first-order chi connectivity index (χ1) is 18.0. The van der Waals surface area contributed by atoms with Crippen LogP contribution in [0.5, 0.6) is 0 Å². The van der Waals surface area contributed by atoms with Gasteiger partial charge in [-0.3, -0.25) is 9.69 Å². The molecule has 0 bridgehead atoms. The highest BCUT2D eigenvalue weighted by atomic mass is 32.2. The minimum atomic E-state index is -3.83. The van der Waals surface area contributed by atoms with E-state index in [1.807, 2.05) is 72.8 Å². The Morgan fingerprint density at radius 2 is 1.51 bits per heavy atom. The van der Waals surface area contributed by atoms with Crippen LogP contribution in [0.25, 0.3) is 11.1 Å². The van der Waals surface area contributed by atoms with Crippen LogP contribution in [0.1, 0.15) is 11.6 Å². The number of carbonyl (C=O) groups is 1. The third-order valence-corrected chi connectivity index (χ3v) is 9.92. The first kappa shape index (κ1) is 25.9. The topological polar surface area (TPSA) is 79.0 Å². The number of amides is 1. The molecule has 2 aliphatic rings. The number of morpholine rings is 1. The number of benzene rings is 3. The van der Waals surface area contributed by atoms with Crippen LogP contribution in [0.2, 0.25) is 0 Å². The fourth-order valence-electron chi connectivity index (χ4n) is 4.70. The van der Waals surface area contributed by atoms with Gasteiger partial charge in [-0.05, 0) is 28.8 Å². The first-order valence-electron chi connectivity index (χ1n) is 12.5. The Hall–Kier alpha value is -2.69. The number of thioether (sulfide) groups is 1. The van der Waals surface area contributed by atoms with Gasteiger partial charge in [0.15, 0.2) is 0 Å². The highest BCUT2D eigenvalue weighted by Gasteiger charge is 2.41. The van der Waals surface area contributed by atoms with Crippen molar-refractivity contribution >= 4 is 27.7 Å². The quantitative estimate of drug-likeness (QED) is 0.473. The highest BCUT2D eigenvalue weighted by molar-refractivity contribution is 8.02. The Labute approximate surface area is 222 Å². The number of sulfonamides is 1. The minimum absolute atomic E-state index is 0.195. The van der Waals surface area contributed by atoms with Gasteiger partial charge in [0, 0.05) is 31.9 Å². The van der Waals surface area contributed by atoms with Crippen molar-refractivity contribution in [2.45, 2.75) is 16.3 Å². The van der Waals surface area contributed by atoms with E-state index < -0.39 is 15.4 Å². The molecule has 194 valence electrons. The van der Waals surface area contributed by atoms with Gasteiger partial charge < -0.3 is 10.1 Å². The minimum Gasteiger partial charge on any atom is -0.379 e. The van der Waals surface area contributed by atoms with Gasteiger partial charge >= 0.3 is 0 Å². The molecule has 1 N–H and O–H groups in total. The summed E-state index contributed by atoms with van der Waals surface area (Å²) in [6, 6.07) is 26.3. The summed E-state index contributed by atoms with van der Waals surface area (Å²) in [5, 5.41) is 2.35. The second-order valence-electron chi connectivity index (χ2n) is 9.11. The molecule has 0 saturated carbocycles. The average molecular weight is 538 g/mol. The molecular weight excluding hydrogens is 506 g/mol. The Bertz CT molecular complexity index is 1280. The average Bonchev–Trinajstić information content (AvgIpc) is 3.46. The van der Waals surface area contributed by atoms with Crippen molar-refractivity contribution in [1.82, 2.24) is 14.5 Å². The van der Waals surface area contributed by atoms with Crippen LogP contribution in [-0.2, 0) is 19.6 Å². The summed E-state index contributed by atoms with van der Waals surface area (Å²) >= 11 is 1.36. The van der Waals surface area contributed by atoms with Gasteiger partial charge in [-0.2, -0.15) is 4.31 Å². The smallest absolute Gasteiger partial charge is 0.249 e. The fourth-order valence-corrected chi connectivity index (χ4v) is 7.78. The van der Waals surface area contributed by atoms with E-state index in [0.717, 1.165) is 29.8 Å². The van der Waals surface area contributed by atoms with Gasteiger partial charge in [-0.25, -0.2) is 8.42 Å². The second kappa shape index (κ2) is 11.8. The van der Waals surface area contributed by atoms with Crippen LogP contribution >= 0.6 is 11.8 Å². The van der Waals surface area contributed by atoms with Gasteiger partial charge in [0.05, 0.1) is 24.2 Å². The van der Waals surface area contributed by atoms with Crippen molar-refractivity contribution in [3.8, 4) is 11.1 Å². The molecule has 0 radical (unpaired) electrons. The van der Waals surface area contributed by atoms with E-state index in [1.165, 1.54) is 16.1 Å². The number of hydrogen-bond acceptors (Lipinski definition) is 6. The number of ether oxygens (including phenoxy) is 1. The van der Waals surface area contributed by atoms with E-state index >= 15 is 0 Å². The van der Waals surface area contributed by atoms with Crippen LogP contribution in [-0.4, -0.2) is 74.0 Å².